The molecule has 2 fully saturated rings. The van der Waals surface area contributed by atoms with Gasteiger partial charge in [-0.15, -0.1) is 0 Å². The van der Waals surface area contributed by atoms with Crippen molar-refractivity contribution in [3.63, 3.8) is 0 Å². The molecule has 1 atom stereocenters. The average molecular weight is 368 g/mol. The fourth-order valence-corrected chi connectivity index (χ4v) is 4.23. The normalized spacial score (nSPS) is 23.3. The quantitative estimate of drug-likeness (QED) is 0.801. The Balaban J connectivity index is 1.77. The predicted molar refractivity (Wildman–Crippen MR) is 92.9 cm³/mol. The van der Waals surface area contributed by atoms with Gasteiger partial charge in [0.25, 0.3) is 0 Å². The first kappa shape index (κ1) is 18.1. The number of carbonyl (C=O) groups excluding carboxylic acids is 1. The van der Waals surface area contributed by atoms with Gasteiger partial charge in [-0.3, -0.25) is 9.88 Å². The lowest BCUT2D eigenvalue weighted by Crippen LogP contribution is -2.38. The standard InChI is InChI=1S/C16H24N4O4S/c1-11(2)14-10-24-16(21)20(14)15-9-17-8-13(18-15)12-4-6-19(7-5-12)25(3,22)23/h8-9,11-12,14H,4-7,10H2,1-3H3/t14-/m1/s1. The number of cyclic esters (lactones) is 1. The number of piperidine rings is 1. The summed E-state index contributed by atoms with van der Waals surface area (Å²) < 4.78 is 29.9. The molecule has 25 heavy (non-hydrogen) atoms. The number of sulfonamides is 1. The van der Waals surface area contributed by atoms with Crippen molar-refractivity contribution in [3.8, 4) is 0 Å². The molecule has 0 saturated carbocycles. The lowest BCUT2D eigenvalue weighted by molar-refractivity contribution is 0.177. The summed E-state index contributed by atoms with van der Waals surface area (Å²) in [5, 5.41) is 0. The van der Waals surface area contributed by atoms with E-state index in [9.17, 15) is 13.2 Å². The Bertz CT molecular complexity index is 744. The molecule has 2 saturated heterocycles. The zero-order valence-corrected chi connectivity index (χ0v) is 15.6. The number of nitrogens with zero attached hydrogens (tertiary/aromatic N) is 4. The summed E-state index contributed by atoms with van der Waals surface area (Å²) in [5.41, 5.74) is 0.799. The van der Waals surface area contributed by atoms with Crippen LogP contribution in [0.25, 0.3) is 0 Å². The molecule has 0 N–H and O–H groups in total. The highest BCUT2D eigenvalue weighted by Crippen LogP contribution is 2.30. The van der Waals surface area contributed by atoms with E-state index in [4.69, 9.17) is 4.74 Å². The van der Waals surface area contributed by atoms with E-state index in [-0.39, 0.29) is 17.9 Å². The molecule has 8 nitrogen and oxygen atoms in total. The summed E-state index contributed by atoms with van der Waals surface area (Å²) in [4.78, 5) is 22.6. The summed E-state index contributed by atoms with van der Waals surface area (Å²) in [6, 6.07) is -0.0517. The van der Waals surface area contributed by atoms with Gasteiger partial charge >= 0.3 is 6.09 Å². The van der Waals surface area contributed by atoms with Crippen molar-refractivity contribution in [2.75, 3.05) is 30.9 Å². The molecule has 0 radical (unpaired) electrons. The van der Waals surface area contributed by atoms with Crippen molar-refractivity contribution in [3.05, 3.63) is 18.1 Å². The first-order chi connectivity index (χ1) is 11.8. The predicted octanol–water partition coefficient (Wildman–Crippen LogP) is 1.60. The third-order valence-electron chi connectivity index (χ3n) is 4.90. The minimum atomic E-state index is -3.15. The lowest BCUT2D eigenvalue weighted by atomic mass is 9.95. The molecule has 0 aliphatic carbocycles. The second kappa shape index (κ2) is 6.87. The van der Waals surface area contributed by atoms with Crippen LogP contribution in [0, 0.1) is 5.92 Å². The second-order valence-electron chi connectivity index (χ2n) is 7.00. The molecule has 0 unspecified atom stereocenters. The van der Waals surface area contributed by atoms with Crippen molar-refractivity contribution in [1.29, 1.82) is 0 Å². The molecule has 1 aromatic rings. The van der Waals surface area contributed by atoms with E-state index in [1.54, 1.807) is 17.3 Å². The minimum Gasteiger partial charge on any atom is -0.447 e. The summed E-state index contributed by atoms with van der Waals surface area (Å²) in [6.45, 7) is 5.40. The zero-order chi connectivity index (χ0) is 18.2. The van der Waals surface area contributed by atoms with Crippen LogP contribution in [0.15, 0.2) is 12.4 Å². The Morgan fingerprint density at radius 2 is 1.92 bits per heavy atom. The van der Waals surface area contributed by atoms with Gasteiger partial charge in [0.05, 0.1) is 24.2 Å². The maximum atomic E-state index is 12.1. The number of hydrogen-bond donors (Lipinski definition) is 0. The van der Waals surface area contributed by atoms with Crippen LogP contribution >= 0.6 is 0 Å². The SMILES string of the molecule is CC(C)[C@H]1COC(=O)N1c1cncc(C2CCN(S(C)(=O)=O)CC2)n1. The Hall–Kier alpha value is -1.74. The van der Waals surface area contributed by atoms with E-state index in [1.807, 2.05) is 13.8 Å². The number of rotatable bonds is 4. The number of ether oxygens (including phenoxy) is 1. The van der Waals surface area contributed by atoms with Gasteiger partial charge in [0, 0.05) is 25.2 Å². The summed E-state index contributed by atoms with van der Waals surface area (Å²) in [6.07, 6.45) is 5.52. The monoisotopic (exact) mass is 368 g/mol. The zero-order valence-electron chi connectivity index (χ0n) is 14.8. The minimum absolute atomic E-state index is 0.0517. The smallest absolute Gasteiger partial charge is 0.415 e. The van der Waals surface area contributed by atoms with E-state index in [0.717, 1.165) is 5.69 Å². The van der Waals surface area contributed by atoms with E-state index in [2.05, 4.69) is 9.97 Å². The average Bonchev–Trinajstić information content (AvgIpc) is 2.96. The summed E-state index contributed by atoms with van der Waals surface area (Å²) >= 11 is 0. The molecule has 138 valence electrons. The molecule has 0 bridgehead atoms. The van der Waals surface area contributed by atoms with E-state index >= 15 is 0 Å². The van der Waals surface area contributed by atoms with Gasteiger partial charge in [-0.1, -0.05) is 13.8 Å². The van der Waals surface area contributed by atoms with Crippen molar-refractivity contribution >= 4 is 21.9 Å². The van der Waals surface area contributed by atoms with Gasteiger partial charge in [-0.05, 0) is 18.8 Å². The Morgan fingerprint density at radius 3 is 2.52 bits per heavy atom. The van der Waals surface area contributed by atoms with Crippen LogP contribution in [0.2, 0.25) is 0 Å². The summed E-state index contributed by atoms with van der Waals surface area (Å²) in [5.74, 6) is 0.890. The number of amides is 1. The van der Waals surface area contributed by atoms with Crippen LogP contribution in [0.5, 0.6) is 0 Å². The number of carbonyl (C=O) groups is 1. The van der Waals surface area contributed by atoms with Gasteiger partial charge in [0.2, 0.25) is 10.0 Å². The molecule has 2 aliphatic rings. The van der Waals surface area contributed by atoms with E-state index < -0.39 is 16.1 Å². The molecular formula is C16H24N4O4S. The first-order valence-electron chi connectivity index (χ1n) is 8.50. The third kappa shape index (κ3) is 3.77. The molecule has 3 rings (SSSR count). The highest BCUT2D eigenvalue weighted by Gasteiger charge is 2.37. The van der Waals surface area contributed by atoms with E-state index in [0.29, 0.717) is 38.4 Å². The molecule has 1 amide bonds. The number of aromatic nitrogens is 2. The Kier molecular flexibility index (Phi) is 4.97. The Morgan fingerprint density at radius 1 is 1.24 bits per heavy atom. The van der Waals surface area contributed by atoms with Crippen LogP contribution in [-0.2, 0) is 14.8 Å². The highest BCUT2D eigenvalue weighted by atomic mass is 32.2. The van der Waals surface area contributed by atoms with Crippen LogP contribution < -0.4 is 4.90 Å². The van der Waals surface area contributed by atoms with Crippen LogP contribution in [0.1, 0.15) is 38.3 Å². The number of hydrogen-bond acceptors (Lipinski definition) is 6. The van der Waals surface area contributed by atoms with Crippen molar-refractivity contribution in [1.82, 2.24) is 14.3 Å². The van der Waals surface area contributed by atoms with Crippen molar-refractivity contribution in [2.45, 2.75) is 38.6 Å². The topological polar surface area (TPSA) is 92.7 Å². The fraction of sp³-hybridized carbons (Fsp3) is 0.688. The molecular weight excluding hydrogens is 344 g/mol. The summed E-state index contributed by atoms with van der Waals surface area (Å²) in [7, 11) is -3.15. The lowest BCUT2D eigenvalue weighted by Gasteiger charge is -2.30. The second-order valence-corrected chi connectivity index (χ2v) is 8.98. The van der Waals surface area contributed by atoms with Gasteiger partial charge < -0.3 is 4.74 Å². The molecule has 3 heterocycles. The third-order valence-corrected chi connectivity index (χ3v) is 6.21. The van der Waals surface area contributed by atoms with Gasteiger partial charge in [0.15, 0.2) is 5.82 Å². The fourth-order valence-electron chi connectivity index (χ4n) is 3.36. The molecule has 0 spiro atoms. The van der Waals surface area contributed by atoms with Crippen LogP contribution in [0.4, 0.5) is 10.6 Å². The van der Waals surface area contributed by atoms with Gasteiger partial charge in [0.1, 0.15) is 6.61 Å². The molecule has 0 aromatic carbocycles. The highest BCUT2D eigenvalue weighted by molar-refractivity contribution is 7.88. The molecule has 9 heteroatoms. The van der Waals surface area contributed by atoms with Crippen LogP contribution in [0.3, 0.4) is 0 Å². The molecule has 1 aromatic heterocycles. The molecule has 2 aliphatic heterocycles. The first-order valence-corrected chi connectivity index (χ1v) is 10.3. The largest absolute Gasteiger partial charge is 0.447 e. The maximum Gasteiger partial charge on any atom is 0.415 e. The van der Waals surface area contributed by atoms with Crippen LogP contribution in [-0.4, -0.2) is 60.8 Å². The van der Waals surface area contributed by atoms with Gasteiger partial charge in [-0.25, -0.2) is 22.5 Å². The maximum absolute atomic E-state index is 12.1. The van der Waals surface area contributed by atoms with E-state index in [1.165, 1.54) is 10.6 Å². The van der Waals surface area contributed by atoms with Gasteiger partial charge in [-0.2, -0.15) is 0 Å². The number of anilines is 1. The van der Waals surface area contributed by atoms with Crippen molar-refractivity contribution < 1.29 is 17.9 Å². The van der Waals surface area contributed by atoms with Crippen molar-refractivity contribution in [2.24, 2.45) is 5.92 Å². The Labute approximate surface area is 148 Å².